The summed E-state index contributed by atoms with van der Waals surface area (Å²) in [7, 11) is 1.67. The maximum absolute atomic E-state index is 5.19. The Labute approximate surface area is 148 Å². The monoisotopic (exact) mass is 339 g/mol. The van der Waals surface area contributed by atoms with Gasteiger partial charge in [0.1, 0.15) is 7.11 Å². The predicted octanol–water partition coefficient (Wildman–Crippen LogP) is 5.62. The van der Waals surface area contributed by atoms with Gasteiger partial charge in [-0.05, 0) is 47.9 Å². The van der Waals surface area contributed by atoms with Crippen molar-refractivity contribution >= 4 is 28.2 Å². The molecular weight excluding hydrogens is 314 g/mol. The highest BCUT2D eigenvalue weighted by Gasteiger charge is 2.45. The number of rotatable bonds is 4. The van der Waals surface area contributed by atoms with Gasteiger partial charge in [-0.2, -0.15) is 11.8 Å². The van der Waals surface area contributed by atoms with Crippen molar-refractivity contribution in [1.82, 2.24) is 0 Å². The van der Waals surface area contributed by atoms with Gasteiger partial charge in [0.15, 0.2) is 0 Å². The normalized spacial score (nSPS) is 29.8. The van der Waals surface area contributed by atoms with Crippen molar-refractivity contribution < 1.29 is 4.84 Å². The number of thioether (sulfide) groups is 1. The lowest BCUT2D eigenvalue weighted by atomic mass is 9.78. The smallest absolute Gasteiger partial charge is 0.106 e. The molecule has 24 heavy (non-hydrogen) atoms. The molecule has 2 aromatic rings. The summed E-state index contributed by atoms with van der Waals surface area (Å²) >= 11 is 2.20. The summed E-state index contributed by atoms with van der Waals surface area (Å²) in [4.78, 5) is 5.19. The molecule has 2 nitrogen and oxygen atoms in total. The first-order chi connectivity index (χ1) is 11.8. The Morgan fingerprint density at radius 1 is 1.17 bits per heavy atom. The fourth-order valence-corrected chi connectivity index (χ4v) is 6.44. The molecule has 0 aromatic heterocycles. The van der Waals surface area contributed by atoms with Gasteiger partial charge < -0.3 is 4.84 Å². The number of oxime groups is 1. The second-order valence-corrected chi connectivity index (χ2v) is 8.51. The van der Waals surface area contributed by atoms with E-state index < -0.39 is 0 Å². The van der Waals surface area contributed by atoms with Crippen molar-refractivity contribution in [2.75, 3.05) is 7.11 Å². The quantitative estimate of drug-likeness (QED) is 0.532. The van der Waals surface area contributed by atoms with Crippen LogP contribution in [0.1, 0.15) is 44.1 Å². The number of hydrogen-bond donors (Lipinski definition) is 0. The van der Waals surface area contributed by atoms with Gasteiger partial charge in [-0.3, -0.25) is 0 Å². The number of nitrogens with zero attached hydrogens (tertiary/aromatic N) is 1. The molecule has 2 aliphatic rings. The van der Waals surface area contributed by atoms with Gasteiger partial charge >= 0.3 is 0 Å². The summed E-state index contributed by atoms with van der Waals surface area (Å²) in [6.45, 7) is 2.21. The zero-order valence-electron chi connectivity index (χ0n) is 14.4. The molecule has 2 aromatic carbocycles. The van der Waals surface area contributed by atoms with Crippen LogP contribution in [0.15, 0.2) is 47.6 Å². The third-order valence-corrected chi connectivity index (χ3v) is 7.34. The molecule has 2 fully saturated rings. The minimum Gasteiger partial charge on any atom is -0.399 e. The second-order valence-electron chi connectivity index (χ2n) is 6.97. The average molecular weight is 340 g/mol. The molecule has 4 rings (SSSR count). The molecule has 0 N–H and O–H groups in total. The fourth-order valence-electron chi connectivity index (χ4n) is 4.57. The first kappa shape index (κ1) is 16.0. The number of fused-ring (bicyclic) bond motifs is 3. The zero-order valence-corrected chi connectivity index (χ0v) is 15.3. The molecule has 3 heteroatoms. The summed E-state index contributed by atoms with van der Waals surface area (Å²) in [6, 6.07) is 15.7. The lowest BCUT2D eigenvalue weighted by Gasteiger charge is -2.37. The molecule has 0 radical (unpaired) electrons. The van der Waals surface area contributed by atoms with Crippen LogP contribution in [0.2, 0.25) is 0 Å². The standard InChI is InChI=1S/C21H25NOS/c1-3-19(22-23-2)21-18(13-17-10-11-20(21)24-17)16-9-8-14-6-4-5-7-15(14)12-16/h4-9,12,17-18,20-21H,3,10-11,13H2,1-2H3/t17?,18-,20-,21+/m0/s1. The maximum atomic E-state index is 5.19. The molecular formula is C21H25NOS. The summed E-state index contributed by atoms with van der Waals surface area (Å²) in [6.07, 6.45) is 4.93. The van der Waals surface area contributed by atoms with Gasteiger partial charge in [0, 0.05) is 16.4 Å². The predicted molar refractivity (Wildman–Crippen MR) is 104 cm³/mol. The minimum absolute atomic E-state index is 0.514. The first-order valence-electron chi connectivity index (χ1n) is 9.04. The topological polar surface area (TPSA) is 21.6 Å². The van der Waals surface area contributed by atoms with Crippen molar-refractivity contribution in [2.45, 2.75) is 49.0 Å². The Morgan fingerprint density at radius 2 is 2.00 bits per heavy atom. The van der Waals surface area contributed by atoms with Crippen molar-refractivity contribution in [3.8, 4) is 0 Å². The lowest BCUT2D eigenvalue weighted by Crippen LogP contribution is -2.34. The van der Waals surface area contributed by atoms with Crippen LogP contribution in [0.25, 0.3) is 10.8 Å². The largest absolute Gasteiger partial charge is 0.399 e. The number of hydrogen-bond acceptors (Lipinski definition) is 3. The molecule has 126 valence electrons. The summed E-state index contributed by atoms with van der Waals surface area (Å²) in [5, 5.41) is 8.62. The molecule has 0 spiro atoms. The highest BCUT2D eigenvalue weighted by Crippen LogP contribution is 2.53. The highest BCUT2D eigenvalue weighted by molar-refractivity contribution is 8.00. The van der Waals surface area contributed by atoms with Crippen molar-refractivity contribution in [1.29, 1.82) is 0 Å². The molecule has 2 heterocycles. The van der Waals surface area contributed by atoms with Crippen LogP contribution in [0.5, 0.6) is 0 Å². The first-order valence-corrected chi connectivity index (χ1v) is 9.98. The van der Waals surface area contributed by atoms with E-state index in [1.165, 1.54) is 41.3 Å². The van der Waals surface area contributed by atoms with E-state index >= 15 is 0 Å². The zero-order chi connectivity index (χ0) is 16.5. The van der Waals surface area contributed by atoms with Crippen LogP contribution in [-0.2, 0) is 4.84 Å². The SMILES string of the molecule is CCC(=NOC)[C@@H]1[C@@H]2CCC(C[C@H]1c1ccc3ccccc3c1)S2. The van der Waals surface area contributed by atoms with Gasteiger partial charge in [0.05, 0.1) is 5.71 Å². The Hall–Kier alpha value is -1.48. The second kappa shape index (κ2) is 6.79. The van der Waals surface area contributed by atoms with Gasteiger partial charge in [-0.1, -0.05) is 54.5 Å². The molecule has 1 unspecified atom stereocenters. The highest BCUT2D eigenvalue weighted by atomic mass is 32.2. The van der Waals surface area contributed by atoms with Crippen LogP contribution in [0, 0.1) is 5.92 Å². The van der Waals surface area contributed by atoms with Crippen LogP contribution in [0.4, 0.5) is 0 Å². The molecule has 2 aliphatic heterocycles. The Bertz CT molecular complexity index is 756. The molecule has 0 aliphatic carbocycles. The van der Waals surface area contributed by atoms with Gasteiger partial charge in [0.25, 0.3) is 0 Å². The van der Waals surface area contributed by atoms with Crippen LogP contribution < -0.4 is 0 Å². The molecule has 0 saturated carbocycles. The summed E-state index contributed by atoms with van der Waals surface area (Å²) < 4.78 is 0. The van der Waals surface area contributed by atoms with Crippen molar-refractivity contribution in [2.24, 2.45) is 11.1 Å². The van der Waals surface area contributed by atoms with E-state index in [-0.39, 0.29) is 0 Å². The molecule has 0 amide bonds. The fraction of sp³-hybridized carbons (Fsp3) is 0.476. The van der Waals surface area contributed by atoms with E-state index in [4.69, 9.17) is 4.84 Å². The average Bonchev–Trinajstić information content (AvgIpc) is 3.01. The maximum Gasteiger partial charge on any atom is 0.106 e. The van der Waals surface area contributed by atoms with E-state index in [2.05, 4.69) is 66.3 Å². The summed E-state index contributed by atoms with van der Waals surface area (Å²) in [5.41, 5.74) is 2.72. The Morgan fingerprint density at radius 3 is 2.79 bits per heavy atom. The lowest BCUT2D eigenvalue weighted by molar-refractivity contribution is 0.209. The molecule has 2 saturated heterocycles. The van der Waals surface area contributed by atoms with Crippen molar-refractivity contribution in [3.05, 3.63) is 48.0 Å². The minimum atomic E-state index is 0.514. The van der Waals surface area contributed by atoms with E-state index in [0.717, 1.165) is 11.7 Å². The van der Waals surface area contributed by atoms with Crippen LogP contribution in [-0.4, -0.2) is 23.3 Å². The Kier molecular flexibility index (Phi) is 4.53. The van der Waals surface area contributed by atoms with Crippen LogP contribution in [0.3, 0.4) is 0 Å². The molecule has 4 atom stereocenters. The number of benzene rings is 2. The van der Waals surface area contributed by atoms with E-state index in [0.29, 0.717) is 17.1 Å². The molecule has 2 bridgehead atoms. The van der Waals surface area contributed by atoms with Gasteiger partial charge in [-0.25, -0.2) is 0 Å². The van der Waals surface area contributed by atoms with Gasteiger partial charge in [-0.15, -0.1) is 0 Å². The van der Waals surface area contributed by atoms with E-state index in [1.807, 2.05) is 0 Å². The third kappa shape index (κ3) is 2.83. The van der Waals surface area contributed by atoms with Gasteiger partial charge in [0.2, 0.25) is 0 Å². The van der Waals surface area contributed by atoms with Crippen LogP contribution >= 0.6 is 11.8 Å². The van der Waals surface area contributed by atoms with Crippen molar-refractivity contribution in [3.63, 3.8) is 0 Å². The van der Waals surface area contributed by atoms with E-state index in [1.54, 1.807) is 7.11 Å². The van der Waals surface area contributed by atoms with E-state index in [9.17, 15) is 0 Å². The third-order valence-electron chi connectivity index (χ3n) is 5.65. The summed E-state index contributed by atoms with van der Waals surface area (Å²) in [5.74, 6) is 1.09. The Balaban J connectivity index is 1.75.